The minimum Gasteiger partial charge on any atom is -0.374 e. The zero-order valence-electron chi connectivity index (χ0n) is 21.2. The Morgan fingerprint density at radius 3 is 2.77 bits per heavy atom. The third-order valence-corrected chi connectivity index (χ3v) is 8.08. The van der Waals surface area contributed by atoms with Gasteiger partial charge in [-0.25, -0.2) is 4.39 Å². The van der Waals surface area contributed by atoms with E-state index in [0.29, 0.717) is 12.5 Å². The van der Waals surface area contributed by atoms with Crippen LogP contribution in [0.5, 0.6) is 0 Å². The van der Waals surface area contributed by atoms with E-state index in [9.17, 15) is 4.39 Å². The van der Waals surface area contributed by atoms with Gasteiger partial charge in [0.1, 0.15) is 5.82 Å². The fourth-order valence-corrected chi connectivity index (χ4v) is 6.13. The highest BCUT2D eigenvalue weighted by molar-refractivity contribution is 6.05. The summed E-state index contributed by atoms with van der Waals surface area (Å²) in [5.41, 5.74) is 10.3. The monoisotopic (exact) mass is 471 g/mol. The number of aryl methyl sites for hydroxylation is 2. The van der Waals surface area contributed by atoms with E-state index in [-0.39, 0.29) is 5.82 Å². The van der Waals surface area contributed by atoms with Crippen molar-refractivity contribution < 1.29 is 4.39 Å². The van der Waals surface area contributed by atoms with E-state index in [1.165, 1.54) is 45.6 Å². The van der Waals surface area contributed by atoms with Crippen molar-refractivity contribution in [1.29, 1.82) is 0 Å². The lowest BCUT2D eigenvalue weighted by molar-refractivity contribution is 0.214. The van der Waals surface area contributed by atoms with Gasteiger partial charge in [-0.15, -0.1) is 6.58 Å². The van der Waals surface area contributed by atoms with Gasteiger partial charge in [0, 0.05) is 43.0 Å². The second-order valence-electron chi connectivity index (χ2n) is 10.5. The molecule has 0 bridgehead atoms. The summed E-state index contributed by atoms with van der Waals surface area (Å²) in [4.78, 5) is 9.79. The van der Waals surface area contributed by atoms with Gasteiger partial charge in [-0.05, 0) is 116 Å². The Kier molecular flexibility index (Phi) is 7.19. The van der Waals surface area contributed by atoms with Crippen molar-refractivity contribution in [3.05, 3.63) is 83.2 Å². The predicted molar refractivity (Wildman–Crippen MR) is 146 cm³/mol. The van der Waals surface area contributed by atoms with Crippen molar-refractivity contribution in [3.8, 4) is 0 Å². The maximum atomic E-state index is 13.6. The fourth-order valence-electron chi connectivity index (χ4n) is 6.13. The highest BCUT2D eigenvalue weighted by Crippen LogP contribution is 2.35. The molecule has 3 nitrogen and oxygen atoms in total. The number of aliphatic imine (C=N–C) groups is 1. The molecule has 4 heteroatoms. The molecular weight excluding hydrogens is 433 g/mol. The molecule has 0 N–H and O–H groups in total. The highest BCUT2D eigenvalue weighted by atomic mass is 19.1. The average Bonchev–Trinajstić information content (AvgIpc) is 3.29. The van der Waals surface area contributed by atoms with Crippen molar-refractivity contribution in [2.24, 2.45) is 10.9 Å². The Balaban J connectivity index is 1.18. The van der Waals surface area contributed by atoms with Crippen LogP contribution >= 0.6 is 0 Å². The largest absolute Gasteiger partial charge is 0.374 e. The van der Waals surface area contributed by atoms with Crippen LogP contribution in [-0.2, 0) is 19.4 Å². The maximum Gasteiger partial charge on any atom is 0.123 e. The number of likely N-dealkylation sites (tertiary alicyclic amines) is 1. The molecule has 0 radical (unpaired) electrons. The summed E-state index contributed by atoms with van der Waals surface area (Å²) in [6, 6.07) is 9.93. The molecule has 0 aromatic heterocycles. The molecule has 35 heavy (non-hydrogen) atoms. The summed E-state index contributed by atoms with van der Waals surface area (Å²) in [5.74, 6) is 0.334. The zero-order valence-corrected chi connectivity index (χ0v) is 21.2. The number of anilines is 1. The molecule has 0 atom stereocenters. The van der Waals surface area contributed by atoms with E-state index in [1.54, 1.807) is 12.1 Å². The predicted octanol–water partition coefficient (Wildman–Crippen LogP) is 6.44. The first-order chi connectivity index (χ1) is 17.0. The van der Waals surface area contributed by atoms with Gasteiger partial charge in [-0.2, -0.15) is 0 Å². The van der Waals surface area contributed by atoms with Crippen molar-refractivity contribution in [2.75, 3.05) is 38.1 Å². The van der Waals surface area contributed by atoms with Crippen LogP contribution in [0.2, 0.25) is 0 Å². The number of fused-ring (bicyclic) bond motifs is 2. The van der Waals surface area contributed by atoms with E-state index >= 15 is 0 Å². The average molecular weight is 472 g/mol. The van der Waals surface area contributed by atoms with E-state index in [4.69, 9.17) is 4.99 Å². The smallest absolute Gasteiger partial charge is 0.123 e. The Labute approximate surface area is 210 Å². The summed E-state index contributed by atoms with van der Waals surface area (Å²) >= 11 is 0. The lowest BCUT2D eigenvalue weighted by Gasteiger charge is -2.33. The van der Waals surface area contributed by atoms with E-state index < -0.39 is 0 Å². The molecule has 0 aliphatic carbocycles. The quantitative estimate of drug-likeness (QED) is 0.412. The number of hydrogen-bond acceptors (Lipinski definition) is 3. The minimum absolute atomic E-state index is 0.158. The molecule has 3 aliphatic heterocycles. The van der Waals surface area contributed by atoms with Gasteiger partial charge in [-0.1, -0.05) is 12.7 Å². The number of rotatable bonds is 8. The molecule has 3 aliphatic rings. The standard InChI is InChI=1S/C31H38FN3/c1-4-5-7-24-18-26(19-25-8-6-14-34(3)31(24)25)22(2)11-15-35-16-12-23(13-17-35)30-29-10-9-28(32)20-27(29)21-33-30/h4,9-10,18-20,23H,1-2,5-8,11-17,21H2,3H3. The highest BCUT2D eigenvalue weighted by Gasteiger charge is 2.28. The lowest BCUT2D eigenvalue weighted by atomic mass is 9.87. The van der Waals surface area contributed by atoms with Crippen molar-refractivity contribution in [1.82, 2.24) is 4.90 Å². The number of benzene rings is 2. The molecule has 3 heterocycles. The van der Waals surface area contributed by atoms with Crippen LogP contribution in [0.25, 0.3) is 5.57 Å². The van der Waals surface area contributed by atoms with Crippen LogP contribution in [0.3, 0.4) is 0 Å². The summed E-state index contributed by atoms with van der Waals surface area (Å²) in [6.45, 7) is 13.4. The van der Waals surface area contributed by atoms with Gasteiger partial charge in [0.2, 0.25) is 0 Å². The van der Waals surface area contributed by atoms with Crippen LogP contribution in [0, 0.1) is 11.7 Å². The molecule has 1 saturated heterocycles. The lowest BCUT2D eigenvalue weighted by Crippen LogP contribution is -2.37. The van der Waals surface area contributed by atoms with Crippen LogP contribution in [0.15, 0.2) is 54.6 Å². The fraction of sp³-hybridized carbons (Fsp3) is 0.452. The zero-order chi connectivity index (χ0) is 24.4. The SMILES string of the molecule is C=CCCc1cc(C(=C)CCN2CCC(C3=NCc4cc(F)ccc43)CC2)cc2c1N(C)CCC2. The van der Waals surface area contributed by atoms with E-state index in [0.717, 1.165) is 70.3 Å². The molecule has 0 spiro atoms. The van der Waals surface area contributed by atoms with E-state index in [1.807, 2.05) is 12.1 Å². The molecular formula is C31H38FN3. The summed E-state index contributed by atoms with van der Waals surface area (Å²) in [7, 11) is 2.22. The van der Waals surface area contributed by atoms with Crippen LogP contribution in [0.1, 0.15) is 59.9 Å². The molecule has 0 unspecified atom stereocenters. The molecule has 1 fully saturated rings. The van der Waals surface area contributed by atoms with Crippen molar-refractivity contribution >= 4 is 17.0 Å². The van der Waals surface area contributed by atoms with Crippen LogP contribution in [-0.4, -0.2) is 43.8 Å². The first-order valence-corrected chi connectivity index (χ1v) is 13.2. The number of piperidine rings is 1. The number of hydrogen-bond donors (Lipinski definition) is 0. The molecule has 0 amide bonds. The third kappa shape index (κ3) is 5.13. The Bertz CT molecular complexity index is 1140. The van der Waals surface area contributed by atoms with E-state index in [2.05, 4.69) is 42.1 Å². The number of allylic oxidation sites excluding steroid dienone is 1. The van der Waals surface area contributed by atoms with Gasteiger partial charge in [0.05, 0.1) is 6.54 Å². The molecule has 2 aromatic rings. The van der Waals surface area contributed by atoms with Crippen LogP contribution in [0.4, 0.5) is 10.1 Å². The van der Waals surface area contributed by atoms with Gasteiger partial charge in [0.25, 0.3) is 0 Å². The summed E-state index contributed by atoms with van der Waals surface area (Å²) in [5, 5.41) is 0. The minimum atomic E-state index is -0.158. The molecule has 2 aromatic carbocycles. The Morgan fingerprint density at radius 1 is 1.14 bits per heavy atom. The van der Waals surface area contributed by atoms with Gasteiger partial charge in [0.15, 0.2) is 0 Å². The molecule has 184 valence electrons. The number of halogens is 1. The first-order valence-electron chi connectivity index (χ1n) is 13.2. The van der Waals surface area contributed by atoms with Gasteiger partial charge < -0.3 is 9.80 Å². The summed E-state index contributed by atoms with van der Waals surface area (Å²) < 4.78 is 13.6. The normalized spacial score (nSPS) is 18.2. The Morgan fingerprint density at radius 2 is 1.97 bits per heavy atom. The Hall–Kier alpha value is -2.72. The second-order valence-corrected chi connectivity index (χ2v) is 10.5. The van der Waals surface area contributed by atoms with Gasteiger partial charge in [-0.3, -0.25) is 4.99 Å². The maximum absolute atomic E-state index is 13.6. The first kappa shape index (κ1) is 24.0. The van der Waals surface area contributed by atoms with Crippen molar-refractivity contribution in [3.63, 3.8) is 0 Å². The second kappa shape index (κ2) is 10.5. The van der Waals surface area contributed by atoms with Crippen LogP contribution < -0.4 is 4.90 Å². The van der Waals surface area contributed by atoms with Gasteiger partial charge >= 0.3 is 0 Å². The number of nitrogens with zero attached hydrogens (tertiary/aromatic N) is 3. The topological polar surface area (TPSA) is 18.8 Å². The third-order valence-electron chi connectivity index (χ3n) is 8.08. The molecule has 5 rings (SSSR count). The molecule has 0 saturated carbocycles. The summed E-state index contributed by atoms with van der Waals surface area (Å²) in [6.07, 6.45) is 9.71. The van der Waals surface area contributed by atoms with Crippen molar-refractivity contribution in [2.45, 2.75) is 51.5 Å².